The molecule has 0 aromatic heterocycles. The highest BCUT2D eigenvalue weighted by Crippen LogP contribution is 2.37. The van der Waals surface area contributed by atoms with Crippen molar-refractivity contribution in [3.63, 3.8) is 0 Å². The number of benzene rings is 2. The first-order chi connectivity index (χ1) is 11.6. The third kappa shape index (κ3) is 4.09. The Morgan fingerprint density at radius 1 is 0.667 bits per heavy atom. The van der Waals surface area contributed by atoms with Gasteiger partial charge < -0.3 is 9.47 Å². The van der Waals surface area contributed by atoms with E-state index in [9.17, 15) is 0 Å². The molecule has 4 bridgehead atoms. The average Bonchev–Trinajstić information content (AvgIpc) is 2.58. The maximum atomic E-state index is 5.61. The van der Waals surface area contributed by atoms with Crippen molar-refractivity contribution in [1.29, 1.82) is 0 Å². The van der Waals surface area contributed by atoms with Crippen molar-refractivity contribution in [2.24, 2.45) is 0 Å². The highest BCUT2D eigenvalue weighted by molar-refractivity contribution is 9.11. The molecule has 2 nitrogen and oxygen atoms in total. The van der Waals surface area contributed by atoms with Crippen LogP contribution in [-0.4, -0.2) is 14.2 Å². The second-order valence-electron chi connectivity index (χ2n) is 5.50. The minimum absolute atomic E-state index is 0.888. The molecule has 128 valence electrons. The van der Waals surface area contributed by atoms with Gasteiger partial charge in [-0.1, -0.05) is 31.9 Å². The van der Waals surface area contributed by atoms with E-state index in [4.69, 9.17) is 9.47 Å². The zero-order valence-electron chi connectivity index (χ0n) is 13.5. The molecule has 4 aliphatic heterocycles. The molecule has 0 unspecified atom stereocenters. The van der Waals surface area contributed by atoms with Crippen LogP contribution in [0.1, 0.15) is 22.3 Å². The molecule has 4 aliphatic rings. The van der Waals surface area contributed by atoms with E-state index in [1.54, 1.807) is 14.2 Å². The average molecular weight is 490 g/mol. The van der Waals surface area contributed by atoms with Gasteiger partial charge >= 0.3 is 0 Å². The molecule has 0 radical (unpaired) electrons. The van der Waals surface area contributed by atoms with Gasteiger partial charge in [0, 0.05) is 43.1 Å². The van der Waals surface area contributed by atoms with Crippen LogP contribution in [0.2, 0.25) is 0 Å². The fourth-order valence-corrected chi connectivity index (χ4v) is 6.09. The predicted molar refractivity (Wildman–Crippen MR) is 111 cm³/mol. The van der Waals surface area contributed by atoms with Crippen molar-refractivity contribution >= 4 is 55.4 Å². The molecule has 6 rings (SSSR count). The first-order valence-corrected chi connectivity index (χ1v) is 11.4. The van der Waals surface area contributed by atoms with Crippen LogP contribution in [0.25, 0.3) is 0 Å². The summed E-state index contributed by atoms with van der Waals surface area (Å²) in [4.78, 5) is 0. The summed E-state index contributed by atoms with van der Waals surface area (Å²) >= 11 is 11.2. The minimum atomic E-state index is 0.888. The first kappa shape index (κ1) is 18.5. The van der Waals surface area contributed by atoms with Gasteiger partial charge in [0.1, 0.15) is 11.5 Å². The molecule has 0 aliphatic carbocycles. The Balaban J connectivity index is 1.99. The van der Waals surface area contributed by atoms with E-state index in [0.29, 0.717) is 0 Å². The highest BCUT2D eigenvalue weighted by Gasteiger charge is 2.14. The Morgan fingerprint density at radius 2 is 1.04 bits per heavy atom. The molecule has 0 amide bonds. The summed E-state index contributed by atoms with van der Waals surface area (Å²) in [6.07, 6.45) is 0. The van der Waals surface area contributed by atoms with Crippen LogP contribution in [0, 0.1) is 0 Å². The van der Waals surface area contributed by atoms with Crippen molar-refractivity contribution in [2.75, 3.05) is 14.2 Å². The van der Waals surface area contributed by atoms with Gasteiger partial charge in [0.05, 0.1) is 14.2 Å². The molecular weight excluding hydrogens is 472 g/mol. The molecule has 0 saturated carbocycles. The quantitative estimate of drug-likeness (QED) is 0.484. The lowest BCUT2D eigenvalue weighted by atomic mass is 10.1. The van der Waals surface area contributed by atoms with E-state index < -0.39 is 0 Å². The summed E-state index contributed by atoms with van der Waals surface area (Å²) in [6.45, 7) is 0. The fourth-order valence-electron chi connectivity index (χ4n) is 2.64. The van der Waals surface area contributed by atoms with Gasteiger partial charge in [-0.15, -0.1) is 0 Å². The zero-order valence-corrected chi connectivity index (χ0v) is 18.3. The third-order valence-electron chi connectivity index (χ3n) is 3.93. The molecule has 0 N–H and O–H groups in total. The van der Waals surface area contributed by atoms with Gasteiger partial charge in [-0.25, -0.2) is 0 Å². The summed E-state index contributed by atoms with van der Waals surface area (Å²) in [5.74, 6) is 5.56. The summed E-state index contributed by atoms with van der Waals surface area (Å²) < 4.78 is 13.6. The van der Waals surface area contributed by atoms with Gasteiger partial charge in [-0.3, -0.25) is 0 Å². The smallest absolute Gasteiger partial charge is 0.123 e. The van der Waals surface area contributed by atoms with Gasteiger partial charge in [-0.05, 0) is 35.4 Å². The SMILES string of the molecule is COc1cc2c(OC)cc1CSCc1cc(Br)c(cc1Br)CSC2. The Labute approximate surface area is 168 Å². The zero-order chi connectivity index (χ0) is 17.1. The van der Waals surface area contributed by atoms with Gasteiger partial charge in [0.15, 0.2) is 0 Å². The van der Waals surface area contributed by atoms with Crippen LogP contribution >= 0.6 is 55.4 Å². The Morgan fingerprint density at radius 3 is 1.42 bits per heavy atom. The lowest BCUT2D eigenvalue weighted by Gasteiger charge is -2.17. The third-order valence-corrected chi connectivity index (χ3v) is 7.47. The maximum Gasteiger partial charge on any atom is 0.123 e. The van der Waals surface area contributed by atoms with Crippen LogP contribution in [0.5, 0.6) is 11.5 Å². The topological polar surface area (TPSA) is 18.5 Å². The molecule has 24 heavy (non-hydrogen) atoms. The molecule has 2 aromatic rings. The summed E-state index contributed by atoms with van der Waals surface area (Å²) in [6, 6.07) is 8.72. The normalized spacial score (nSPS) is 14.5. The van der Waals surface area contributed by atoms with Crippen LogP contribution in [0.4, 0.5) is 0 Å². The number of hydrogen-bond acceptors (Lipinski definition) is 4. The minimum Gasteiger partial charge on any atom is -0.496 e. The molecular formula is C18H18Br2O2S2. The van der Waals surface area contributed by atoms with E-state index in [1.165, 1.54) is 31.2 Å². The Bertz CT molecular complexity index is 687. The summed E-state index contributed by atoms with van der Waals surface area (Å²) in [5, 5.41) is 0. The van der Waals surface area contributed by atoms with Crippen LogP contribution < -0.4 is 9.47 Å². The number of thioether (sulfide) groups is 2. The fraction of sp³-hybridized carbons (Fsp3) is 0.333. The van der Waals surface area contributed by atoms with Crippen molar-refractivity contribution in [1.82, 2.24) is 0 Å². The van der Waals surface area contributed by atoms with Crippen molar-refractivity contribution < 1.29 is 9.47 Å². The first-order valence-electron chi connectivity index (χ1n) is 7.48. The highest BCUT2D eigenvalue weighted by atomic mass is 79.9. The van der Waals surface area contributed by atoms with Crippen LogP contribution in [0.3, 0.4) is 0 Å². The summed E-state index contributed by atoms with van der Waals surface area (Å²) in [5.41, 5.74) is 4.97. The second kappa shape index (κ2) is 8.39. The lowest BCUT2D eigenvalue weighted by molar-refractivity contribution is 0.397. The van der Waals surface area contributed by atoms with E-state index in [1.807, 2.05) is 23.5 Å². The number of methoxy groups -OCH3 is 2. The van der Waals surface area contributed by atoms with Gasteiger partial charge in [0.2, 0.25) is 0 Å². The van der Waals surface area contributed by atoms with Crippen LogP contribution in [0.15, 0.2) is 33.2 Å². The maximum absolute atomic E-state index is 5.61. The lowest BCUT2D eigenvalue weighted by Crippen LogP contribution is -1.99. The van der Waals surface area contributed by atoms with Crippen molar-refractivity contribution in [3.8, 4) is 11.5 Å². The number of halogens is 2. The van der Waals surface area contributed by atoms with E-state index in [-0.39, 0.29) is 0 Å². The van der Waals surface area contributed by atoms with E-state index >= 15 is 0 Å². The monoisotopic (exact) mass is 488 g/mol. The van der Waals surface area contributed by atoms with E-state index in [0.717, 1.165) is 34.5 Å². The predicted octanol–water partition coefficient (Wildman–Crippen LogP) is 6.41. The van der Waals surface area contributed by atoms with Crippen LogP contribution in [-0.2, 0) is 23.0 Å². The molecule has 0 fully saturated rings. The number of ether oxygens (including phenoxy) is 2. The number of rotatable bonds is 2. The van der Waals surface area contributed by atoms with Crippen molar-refractivity contribution in [3.05, 3.63) is 55.5 Å². The molecule has 0 saturated heterocycles. The largest absolute Gasteiger partial charge is 0.496 e. The van der Waals surface area contributed by atoms with Crippen molar-refractivity contribution in [2.45, 2.75) is 23.0 Å². The summed E-state index contributed by atoms with van der Waals surface area (Å²) in [7, 11) is 3.48. The molecule has 0 atom stereocenters. The van der Waals surface area contributed by atoms with Gasteiger partial charge in [0.25, 0.3) is 0 Å². The Kier molecular flexibility index (Phi) is 6.46. The Hall–Kier alpha value is -0.300. The number of hydrogen-bond donors (Lipinski definition) is 0. The molecule has 4 heterocycles. The standard InChI is InChI=1S/C18H18Br2O2S2/c1-21-17-5-14-10-24-8-12-4-15(19)11(3-16(12)20)7-23-9-13(17)6-18(14)22-2/h3-6H,7-10H2,1-2H3. The van der Waals surface area contributed by atoms with E-state index in [2.05, 4.69) is 56.1 Å². The second-order valence-corrected chi connectivity index (χ2v) is 9.18. The van der Waals surface area contributed by atoms with Gasteiger partial charge in [-0.2, -0.15) is 23.5 Å². The molecule has 6 heteroatoms. The molecule has 2 aromatic carbocycles. The molecule has 0 spiro atoms.